The van der Waals surface area contributed by atoms with Crippen LogP contribution in [0.5, 0.6) is 0 Å². The largest absolute Gasteiger partial charge is 0.385 e. The molecule has 1 aliphatic heterocycles. The van der Waals surface area contributed by atoms with Crippen molar-refractivity contribution < 1.29 is 19.1 Å². The number of urea groups is 1. The molecule has 1 aliphatic rings. The van der Waals surface area contributed by atoms with Crippen molar-refractivity contribution in [3.05, 3.63) is 58.7 Å². The first-order valence-corrected chi connectivity index (χ1v) is 10.00. The van der Waals surface area contributed by atoms with E-state index < -0.39 is 6.03 Å². The zero-order valence-corrected chi connectivity index (χ0v) is 17.7. The Kier molecular flexibility index (Phi) is 6.52. The quantitative estimate of drug-likeness (QED) is 0.524. The Labute approximate surface area is 176 Å². The molecule has 0 saturated heterocycles. The van der Waals surface area contributed by atoms with Crippen molar-refractivity contribution in [2.24, 2.45) is 0 Å². The lowest BCUT2D eigenvalue weighted by atomic mass is 9.98. The molecule has 2 N–H and O–H groups in total. The van der Waals surface area contributed by atoms with Gasteiger partial charge >= 0.3 is 6.03 Å². The first-order valence-electron chi connectivity index (χ1n) is 10.00. The van der Waals surface area contributed by atoms with Crippen LogP contribution in [0, 0.1) is 6.92 Å². The molecular weight excluding hydrogens is 382 g/mol. The molecule has 0 aliphatic carbocycles. The summed E-state index contributed by atoms with van der Waals surface area (Å²) in [5.74, 6) is -0.410. The van der Waals surface area contributed by atoms with E-state index in [0.29, 0.717) is 36.4 Å². The summed E-state index contributed by atoms with van der Waals surface area (Å²) < 4.78 is 4.99. The van der Waals surface area contributed by atoms with E-state index in [4.69, 9.17) is 4.74 Å². The van der Waals surface area contributed by atoms with E-state index in [1.807, 2.05) is 25.1 Å². The fraction of sp³-hybridized carbons (Fsp3) is 0.348. The van der Waals surface area contributed by atoms with Crippen LogP contribution in [0.4, 0.5) is 16.2 Å². The Morgan fingerprint density at radius 2 is 1.80 bits per heavy atom. The molecule has 2 aromatic rings. The van der Waals surface area contributed by atoms with Crippen molar-refractivity contribution in [3.8, 4) is 0 Å². The lowest BCUT2D eigenvalue weighted by Crippen LogP contribution is -2.31. The SMILES string of the molecule is COCCCN1C(=O)c2ccc(NC(=O)Nc3c(C)cccc3C(C)C)cc2C1=O. The zero-order valence-electron chi connectivity index (χ0n) is 17.7. The molecule has 0 unspecified atom stereocenters. The second-order valence-electron chi connectivity index (χ2n) is 7.64. The van der Waals surface area contributed by atoms with Gasteiger partial charge in [-0.1, -0.05) is 32.0 Å². The van der Waals surface area contributed by atoms with E-state index in [2.05, 4.69) is 24.5 Å². The number of hydrogen-bond donors (Lipinski definition) is 2. The highest BCUT2D eigenvalue weighted by Gasteiger charge is 2.35. The van der Waals surface area contributed by atoms with E-state index in [9.17, 15) is 14.4 Å². The van der Waals surface area contributed by atoms with Gasteiger partial charge in [-0.25, -0.2) is 4.79 Å². The van der Waals surface area contributed by atoms with Gasteiger partial charge in [0.15, 0.2) is 0 Å². The minimum Gasteiger partial charge on any atom is -0.385 e. The van der Waals surface area contributed by atoms with Gasteiger partial charge in [0.1, 0.15) is 0 Å². The van der Waals surface area contributed by atoms with E-state index in [-0.39, 0.29) is 17.7 Å². The first kappa shape index (κ1) is 21.5. The minimum atomic E-state index is -0.403. The van der Waals surface area contributed by atoms with Gasteiger partial charge in [0.2, 0.25) is 0 Å². The lowest BCUT2D eigenvalue weighted by Gasteiger charge is -2.17. The summed E-state index contributed by atoms with van der Waals surface area (Å²) in [6.07, 6.45) is 0.574. The molecule has 0 saturated carbocycles. The third-order valence-corrected chi connectivity index (χ3v) is 5.12. The molecule has 0 atom stereocenters. The summed E-state index contributed by atoms with van der Waals surface area (Å²) in [5, 5.41) is 5.68. The maximum atomic E-state index is 12.6. The van der Waals surface area contributed by atoms with E-state index in [0.717, 1.165) is 16.8 Å². The van der Waals surface area contributed by atoms with Gasteiger partial charge in [-0.3, -0.25) is 14.5 Å². The molecule has 3 rings (SSSR count). The van der Waals surface area contributed by atoms with Crippen LogP contribution in [0.15, 0.2) is 36.4 Å². The third kappa shape index (κ3) is 4.36. The Morgan fingerprint density at radius 1 is 1.07 bits per heavy atom. The molecule has 0 radical (unpaired) electrons. The number of hydrogen-bond acceptors (Lipinski definition) is 4. The highest BCUT2D eigenvalue weighted by Crippen LogP contribution is 2.29. The number of aryl methyl sites for hydroxylation is 1. The van der Waals surface area contributed by atoms with Crippen molar-refractivity contribution in [3.63, 3.8) is 0 Å². The standard InChI is InChI=1S/C23H27N3O4/c1-14(2)17-8-5-7-15(3)20(17)25-23(29)24-16-9-10-18-19(13-16)22(28)26(21(18)27)11-6-12-30-4/h5,7-10,13-14H,6,11-12H2,1-4H3,(H2,24,25,29). The van der Waals surface area contributed by atoms with Crippen LogP contribution in [-0.4, -0.2) is 43.0 Å². The van der Waals surface area contributed by atoms with Gasteiger partial charge < -0.3 is 15.4 Å². The third-order valence-electron chi connectivity index (χ3n) is 5.12. The Bertz CT molecular complexity index is 984. The van der Waals surface area contributed by atoms with Crippen molar-refractivity contribution in [2.75, 3.05) is 30.9 Å². The predicted molar refractivity (Wildman–Crippen MR) is 116 cm³/mol. The number of nitrogens with zero attached hydrogens (tertiary/aromatic N) is 1. The van der Waals surface area contributed by atoms with Gasteiger partial charge in [0.05, 0.1) is 11.1 Å². The van der Waals surface area contributed by atoms with Crippen LogP contribution in [-0.2, 0) is 4.74 Å². The monoisotopic (exact) mass is 409 g/mol. The summed E-state index contributed by atoms with van der Waals surface area (Å²) in [6, 6.07) is 10.3. The molecule has 30 heavy (non-hydrogen) atoms. The van der Waals surface area contributed by atoms with Crippen molar-refractivity contribution in [1.29, 1.82) is 0 Å². The number of para-hydroxylation sites is 1. The number of rotatable bonds is 7. The average Bonchev–Trinajstić information content (AvgIpc) is 2.94. The van der Waals surface area contributed by atoms with Crippen LogP contribution in [0.2, 0.25) is 0 Å². The van der Waals surface area contributed by atoms with E-state index in [1.165, 1.54) is 4.90 Å². The summed E-state index contributed by atoms with van der Waals surface area (Å²) in [6.45, 7) is 6.85. The summed E-state index contributed by atoms with van der Waals surface area (Å²) in [4.78, 5) is 38.9. The highest BCUT2D eigenvalue weighted by molar-refractivity contribution is 6.22. The number of carbonyl (C=O) groups excluding carboxylic acids is 3. The molecule has 7 nitrogen and oxygen atoms in total. The number of benzene rings is 2. The summed E-state index contributed by atoms with van der Waals surface area (Å²) >= 11 is 0. The Balaban J connectivity index is 1.74. The predicted octanol–water partition coefficient (Wildman–Crippen LogP) is 4.39. The topological polar surface area (TPSA) is 87.7 Å². The maximum absolute atomic E-state index is 12.6. The van der Waals surface area contributed by atoms with Crippen LogP contribution in [0.3, 0.4) is 0 Å². The zero-order chi connectivity index (χ0) is 21.8. The second kappa shape index (κ2) is 9.09. The molecule has 4 amide bonds. The summed E-state index contributed by atoms with van der Waals surface area (Å²) in [5.41, 5.74) is 3.90. The van der Waals surface area contributed by atoms with Gasteiger partial charge in [0, 0.05) is 31.6 Å². The molecule has 0 aromatic heterocycles. The molecule has 0 fully saturated rings. The molecule has 7 heteroatoms. The number of methoxy groups -OCH3 is 1. The lowest BCUT2D eigenvalue weighted by molar-refractivity contribution is 0.0638. The molecule has 0 bridgehead atoms. The number of carbonyl (C=O) groups is 3. The Morgan fingerprint density at radius 3 is 2.50 bits per heavy atom. The normalized spacial score (nSPS) is 13.0. The first-order chi connectivity index (χ1) is 14.3. The number of anilines is 2. The smallest absolute Gasteiger partial charge is 0.323 e. The van der Waals surface area contributed by atoms with Crippen LogP contribution in [0.25, 0.3) is 0 Å². The number of nitrogens with one attached hydrogen (secondary N) is 2. The van der Waals surface area contributed by atoms with E-state index in [1.54, 1.807) is 25.3 Å². The average molecular weight is 409 g/mol. The Hall–Kier alpha value is -3.19. The van der Waals surface area contributed by atoms with Crippen LogP contribution >= 0.6 is 0 Å². The molecule has 0 spiro atoms. The van der Waals surface area contributed by atoms with Gasteiger partial charge in [-0.2, -0.15) is 0 Å². The van der Waals surface area contributed by atoms with Crippen molar-refractivity contribution in [2.45, 2.75) is 33.1 Å². The number of imide groups is 1. The number of fused-ring (bicyclic) bond motifs is 1. The fourth-order valence-electron chi connectivity index (χ4n) is 3.56. The molecular formula is C23H27N3O4. The molecule has 158 valence electrons. The fourth-order valence-corrected chi connectivity index (χ4v) is 3.56. The van der Waals surface area contributed by atoms with Gasteiger partial charge in [-0.15, -0.1) is 0 Å². The van der Waals surface area contributed by atoms with Crippen LogP contribution in [0.1, 0.15) is 58.0 Å². The van der Waals surface area contributed by atoms with Crippen molar-refractivity contribution >= 4 is 29.2 Å². The number of ether oxygens (including phenoxy) is 1. The highest BCUT2D eigenvalue weighted by atomic mass is 16.5. The molecule has 1 heterocycles. The van der Waals surface area contributed by atoms with Gasteiger partial charge in [0.25, 0.3) is 11.8 Å². The van der Waals surface area contributed by atoms with Crippen LogP contribution < -0.4 is 10.6 Å². The van der Waals surface area contributed by atoms with Gasteiger partial charge in [-0.05, 0) is 48.6 Å². The minimum absolute atomic E-state index is 0.257. The number of amides is 4. The maximum Gasteiger partial charge on any atom is 0.323 e. The van der Waals surface area contributed by atoms with E-state index >= 15 is 0 Å². The second-order valence-corrected chi connectivity index (χ2v) is 7.64. The van der Waals surface area contributed by atoms with Crippen molar-refractivity contribution in [1.82, 2.24) is 4.90 Å². The molecule has 2 aromatic carbocycles. The summed E-state index contributed by atoms with van der Waals surface area (Å²) in [7, 11) is 1.58.